The number of methoxy groups -OCH3 is 2. The van der Waals surface area contributed by atoms with Crippen LogP contribution in [0.4, 0.5) is 0 Å². The Kier molecular flexibility index (Phi) is 7.47. The Hall–Kier alpha value is 0.487. The molecule has 68 valence electrons. The van der Waals surface area contributed by atoms with Gasteiger partial charge in [-0.1, -0.05) is 12.6 Å². The van der Waals surface area contributed by atoms with Crippen LogP contribution in [0.1, 0.15) is 6.42 Å². The average molecular weight is 194 g/mol. The van der Waals surface area contributed by atoms with Crippen molar-refractivity contribution in [1.29, 1.82) is 0 Å². The molecular formula is C7H18O2SSi. The van der Waals surface area contributed by atoms with Crippen molar-refractivity contribution in [3.63, 3.8) is 0 Å². The lowest BCUT2D eigenvalue weighted by Gasteiger charge is -2.19. The Bertz CT molecular complexity index is 88.5. The van der Waals surface area contributed by atoms with Gasteiger partial charge in [0, 0.05) is 14.2 Å². The number of rotatable bonds is 6. The van der Waals surface area contributed by atoms with Gasteiger partial charge in [-0.2, -0.15) is 12.6 Å². The van der Waals surface area contributed by atoms with Gasteiger partial charge in [0.1, 0.15) is 14.7 Å². The Labute approximate surface area is 76.3 Å². The van der Waals surface area contributed by atoms with Gasteiger partial charge in [0.2, 0.25) is 0 Å². The average Bonchev–Trinajstić information content (AvgIpc) is 2.03. The number of hydrogen-bond acceptors (Lipinski definition) is 3. The second-order valence-corrected chi connectivity index (χ2v) is 6.21. The lowest BCUT2D eigenvalue weighted by Crippen LogP contribution is -2.31. The highest BCUT2D eigenvalue weighted by atomic mass is 32.1. The van der Waals surface area contributed by atoms with Crippen LogP contribution >= 0.6 is 12.6 Å². The molecule has 0 aromatic rings. The van der Waals surface area contributed by atoms with Crippen LogP contribution in [0.25, 0.3) is 0 Å². The van der Waals surface area contributed by atoms with Gasteiger partial charge in [-0.05, 0) is 12.2 Å². The van der Waals surface area contributed by atoms with Gasteiger partial charge >= 0.3 is 0 Å². The topological polar surface area (TPSA) is 18.5 Å². The highest BCUT2D eigenvalue weighted by Gasteiger charge is 2.16. The molecule has 0 heterocycles. The molecule has 4 heteroatoms. The van der Waals surface area contributed by atoms with Crippen LogP contribution in [0.5, 0.6) is 0 Å². The SMILES string of the molecule is COC(OC)[SiH](C)CCCS. The van der Waals surface area contributed by atoms with Crippen LogP contribution in [0, 0.1) is 0 Å². The van der Waals surface area contributed by atoms with E-state index in [2.05, 4.69) is 19.2 Å². The Morgan fingerprint density at radius 2 is 1.91 bits per heavy atom. The molecule has 0 aliphatic carbocycles. The van der Waals surface area contributed by atoms with Crippen LogP contribution in [0.3, 0.4) is 0 Å². The Morgan fingerprint density at radius 3 is 2.27 bits per heavy atom. The molecule has 0 bridgehead atoms. The highest BCUT2D eigenvalue weighted by molar-refractivity contribution is 7.80. The van der Waals surface area contributed by atoms with E-state index in [1.54, 1.807) is 14.2 Å². The number of ether oxygens (including phenoxy) is 2. The minimum Gasteiger partial charge on any atom is -0.360 e. The van der Waals surface area contributed by atoms with Gasteiger partial charge < -0.3 is 9.47 Å². The van der Waals surface area contributed by atoms with Gasteiger partial charge in [0.25, 0.3) is 0 Å². The first kappa shape index (κ1) is 11.5. The minimum atomic E-state index is -0.828. The summed E-state index contributed by atoms with van der Waals surface area (Å²) < 4.78 is 10.3. The first-order chi connectivity index (χ1) is 5.26. The summed E-state index contributed by atoms with van der Waals surface area (Å²) in [5, 5.41) is 0. The predicted octanol–water partition coefficient (Wildman–Crippen LogP) is 1.32. The summed E-state index contributed by atoms with van der Waals surface area (Å²) in [4.78, 5) is 0. The molecule has 0 rings (SSSR count). The lowest BCUT2D eigenvalue weighted by atomic mass is 10.6. The normalized spacial score (nSPS) is 13.9. The van der Waals surface area contributed by atoms with Crippen molar-refractivity contribution in [2.75, 3.05) is 20.0 Å². The van der Waals surface area contributed by atoms with E-state index < -0.39 is 8.80 Å². The molecule has 0 amide bonds. The first-order valence-electron chi connectivity index (χ1n) is 3.92. The third-order valence-corrected chi connectivity index (χ3v) is 4.86. The maximum absolute atomic E-state index is 5.17. The molecule has 0 aliphatic rings. The Morgan fingerprint density at radius 1 is 1.36 bits per heavy atom. The molecule has 0 saturated carbocycles. The molecule has 0 aliphatic heterocycles. The van der Waals surface area contributed by atoms with E-state index in [-0.39, 0.29) is 5.91 Å². The fourth-order valence-electron chi connectivity index (χ4n) is 1.11. The molecule has 0 radical (unpaired) electrons. The summed E-state index contributed by atoms with van der Waals surface area (Å²) in [6.45, 7) is 2.26. The van der Waals surface area contributed by atoms with Gasteiger partial charge in [-0.15, -0.1) is 0 Å². The fraction of sp³-hybridized carbons (Fsp3) is 1.00. The summed E-state index contributed by atoms with van der Waals surface area (Å²) in [7, 11) is 2.59. The van der Waals surface area contributed by atoms with Crippen molar-refractivity contribution < 1.29 is 9.47 Å². The molecule has 0 aromatic heterocycles. The van der Waals surface area contributed by atoms with Crippen molar-refractivity contribution in [3.8, 4) is 0 Å². The van der Waals surface area contributed by atoms with Crippen molar-refractivity contribution in [1.82, 2.24) is 0 Å². The van der Waals surface area contributed by atoms with Crippen molar-refractivity contribution in [3.05, 3.63) is 0 Å². The Balaban J connectivity index is 3.51. The molecular weight excluding hydrogens is 176 g/mol. The summed E-state index contributed by atoms with van der Waals surface area (Å²) in [6, 6.07) is 1.25. The smallest absolute Gasteiger partial charge is 0.137 e. The van der Waals surface area contributed by atoms with E-state index in [0.29, 0.717) is 0 Å². The summed E-state index contributed by atoms with van der Waals surface area (Å²) in [5.74, 6) is 1.05. The molecule has 0 spiro atoms. The monoisotopic (exact) mass is 194 g/mol. The quantitative estimate of drug-likeness (QED) is 0.390. The summed E-state index contributed by atoms with van der Waals surface area (Å²) in [5.41, 5.74) is 0. The second kappa shape index (κ2) is 7.15. The van der Waals surface area contributed by atoms with Gasteiger partial charge in [0.15, 0.2) is 0 Å². The minimum absolute atomic E-state index is 0.0786. The molecule has 1 unspecified atom stereocenters. The zero-order chi connectivity index (χ0) is 8.69. The molecule has 11 heavy (non-hydrogen) atoms. The largest absolute Gasteiger partial charge is 0.360 e. The van der Waals surface area contributed by atoms with E-state index in [1.165, 1.54) is 12.5 Å². The maximum Gasteiger partial charge on any atom is 0.137 e. The number of thiol groups is 1. The van der Waals surface area contributed by atoms with E-state index in [0.717, 1.165) is 5.75 Å². The molecule has 0 aromatic carbocycles. The predicted molar refractivity (Wildman–Crippen MR) is 54.1 cm³/mol. The van der Waals surface area contributed by atoms with Crippen LogP contribution in [-0.4, -0.2) is 34.7 Å². The molecule has 0 saturated heterocycles. The fourth-order valence-corrected chi connectivity index (χ4v) is 3.69. The maximum atomic E-state index is 5.17. The highest BCUT2D eigenvalue weighted by Crippen LogP contribution is 2.06. The van der Waals surface area contributed by atoms with Crippen LogP contribution in [-0.2, 0) is 9.47 Å². The standard InChI is InChI=1S/C7H18O2SSi/c1-8-7(9-2)11(3)6-4-5-10/h7,10-11H,4-6H2,1-3H3. The molecule has 2 nitrogen and oxygen atoms in total. The van der Waals surface area contributed by atoms with E-state index >= 15 is 0 Å². The third kappa shape index (κ3) is 4.84. The van der Waals surface area contributed by atoms with Crippen LogP contribution in [0.15, 0.2) is 0 Å². The molecule has 1 atom stereocenters. The molecule has 0 N–H and O–H groups in total. The van der Waals surface area contributed by atoms with Crippen molar-refractivity contribution >= 4 is 21.4 Å². The zero-order valence-corrected chi connectivity index (χ0v) is 9.59. The van der Waals surface area contributed by atoms with E-state index in [4.69, 9.17) is 9.47 Å². The lowest BCUT2D eigenvalue weighted by molar-refractivity contribution is -0.0469. The second-order valence-electron chi connectivity index (χ2n) is 2.68. The van der Waals surface area contributed by atoms with Gasteiger partial charge in [0.05, 0.1) is 0 Å². The van der Waals surface area contributed by atoms with E-state index in [1.807, 2.05) is 0 Å². The number of hydrogen-bond donors (Lipinski definition) is 1. The van der Waals surface area contributed by atoms with Crippen LogP contribution in [0.2, 0.25) is 12.6 Å². The molecule has 0 fully saturated rings. The van der Waals surface area contributed by atoms with E-state index in [9.17, 15) is 0 Å². The summed E-state index contributed by atoms with van der Waals surface area (Å²) in [6.07, 6.45) is 1.18. The summed E-state index contributed by atoms with van der Waals surface area (Å²) >= 11 is 4.16. The first-order valence-corrected chi connectivity index (χ1v) is 7.19. The van der Waals surface area contributed by atoms with Crippen LogP contribution < -0.4 is 0 Å². The van der Waals surface area contributed by atoms with Crippen molar-refractivity contribution in [2.45, 2.75) is 24.9 Å². The zero-order valence-electron chi connectivity index (χ0n) is 7.54. The van der Waals surface area contributed by atoms with Crippen molar-refractivity contribution in [2.24, 2.45) is 0 Å². The van der Waals surface area contributed by atoms with Gasteiger partial charge in [-0.25, -0.2) is 0 Å². The van der Waals surface area contributed by atoms with Gasteiger partial charge in [-0.3, -0.25) is 0 Å². The third-order valence-electron chi connectivity index (χ3n) is 1.75.